The number of aliphatic hydroxyl groups excluding tert-OH is 2. The summed E-state index contributed by atoms with van der Waals surface area (Å²) in [5.41, 5.74) is 17.4. The van der Waals surface area contributed by atoms with Crippen LogP contribution in [0.3, 0.4) is 0 Å². The van der Waals surface area contributed by atoms with E-state index in [2.05, 4.69) is 53.2 Å². The number of aliphatic hydroxyl groups is 2. The van der Waals surface area contributed by atoms with E-state index in [-0.39, 0.29) is 35.2 Å². The monoisotopic (exact) mass is 538 g/mol. The highest BCUT2D eigenvalue weighted by Crippen LogP contribution is 2.36. The van der Waals surface area contributed by atoms with E-state index in [9.17, 15) is 15.0 Å². The number of aromatic nitrogens is 5. The van der Waals surface area contributed by atoms with E-state index < -0.39 is 24.5 Å². The van der Waals surface area contributed by atoms with Gasteiger partial charge in [0.15, 0.2) is 28.4 Å². The number of aryl methyl sites for hydroxylation is 1. The molecule has 5 rings (SSSR count). The predicted octanol–water partition coefficient (Wildman–Crippen LogP) is 1.28. The minimum atomic E-state index is -1.36. The topological polar surface area (TPSA) is 202 Å². The van der Waals surface area contributed by atoms with Gasteiger partial charge in [-0.15, -0.1) is 0 Å². The number of rotatable bonds is 9. The number of nitrogens with zero attached hydrogens (tertiary/aromatic N) is 8. The normalized spacial score (nSPS) is 21.1. The average molecular weight is 539 g/mol. The zero-order chi connectivity index (χ0) is 26.8. The van der Waals surface area contributed by atoms with Crippen molar-refractivity contribution in [3.63, 3.8) is 0 Å². The highest BCUT2D eigenvalue weighted by molar-refractivity contribution is 7.99. The van der Waals surface area contributed by atoms with Crippen LogP contribution in [0.1, 0.15) is 11.8 Å². The van der Waals surface area contributed by atoms with Gasteiger partial charge in [-0.3, -0.25) is 9.36 Å². The Bertz CT molecular complexity index is 1530. The number of nitrogens with two attached hydrogens (primary N) is 1. The molecule has 3 aromatic heterocycles. The third kappa shape index (κ3) is 4.85. The van der Waals surface area contributed by atoms with E-state index in [4.69, 9.17) is 16.0 Å². The van der Waals surface area contributed by atoms with Gasteiger partial charge in [-0.1, -0.05) is 35.1 Å². The number of benzene rings is 1. The molecular weight excluding hydrogens is 512 g/mol. The molecular formula is C23H26N10O4S. The fraction of sp³-hybridized carbons (Fsp3) is 0.391. The maximum atomic E-state index is 12.7. The summed E-state index contributed by atoms with van der Waals surface area (Å²) in [6.07, 6.45) is -0.712. The number of nitrogens with one attached hydrogen (secondary N) is 1. The molecule has 5 N–H and O–H groups in total. The molecule has 0 spiro atoms. The summed E-state index contributed by atoms with van der Waals surface area (Å²) >= 11 is 1.11. The molecule has 1 fully saturated rings. The first-order valence-corrected chi connectivity index (χ1v) is 12.8. The number of imidazole rings is 1. The Morgan fingerprint density at radius 1 is 1.32 bits per heavy atom. The fourth-order valence-electron chi connectivity index (χ4n) is 4.59. The van der Waals surface area contributed by atoms with Crippen molar-refractivity contribution < 1.29 is 19.7 Å². The first kappa shape index (κ1) is 25.8. The second-order valence-corrected chi connectivity index (χ2v) is 9.77. The van der Waals surface area contributed by atoms with Gasteiger partial charge in [0.25, 0.3) is 0 Å². The van der Waals surface area contributed by atoms with Gasteiger partial charge >= 0.3 is 0 Å². The van der Waals surface area contributed by atoms with Crippen LogP contribution in [0, 0.1) is 0 Å². The number of hydrogen-bond donors (Lipinski definition) is 4. The number of carbonyl (C=O) groups is 1. The van der Waals surface area contributed by atoms with Crippen molar-refractivity contribution in [1.82, 2.24) is 29.4 Å². The lowest BCUT2D eigenvalue weighted by atomic mass is 10.1. The molecule has 0 radical (unpaired) electrons. The van der Waals surface area contributed by atoms with Gasteiger partial charge in [-0.25, -0.2) is 15.0 Å². The van der Waals surface area contributed by atoms with Crippen LogP contribution in [0.5, 0.6) is 0 Å². The first-order valence-electron chi connectivity index (χ1n) is 11.8. The average Bonchev–Trinajstić information content (AvgIpc) is 3.54. The van der Waals surface area contributed by atoms with Crippen molar-refractivity contribution in [2.75, 3.05) is 24.6 Å². The minimum absolute atomic E-state index is 0.0275. The predicted molar refractivity (Wildman–Crippen MR) is 140 cm³/mol. The number of nitrogen functional groups attached to an aromatic ring is 1. The summed E-state index contributed by atoms with van der Waals surface area (Å²) in [4.78, 5) is 28.0. The quantitative estimate of drug-likeness (QED) is 0.105. The summed E-state index contributed by atoms with van der Waals surface area (Å²) in [6, 6.07) is 8.11. The summed E-state index contributed by atoms with van der Waals surface area (Å²) in [7, 11) is 1.99. The first-order chi connectivity index (χ1) is 18.4. The van der Waals surface area contributed by atoms with Crippen molar-refractivity contribution in [2.24, 2.45) is 12.2 Å². The lowest BCUT2D eigenvalue weighted by Gasteiger charge is -2.19. The van der Waals surface area contributed by atoms with Crippen molar-refractivity contribution in [3.8, 4) is 0 Å². The number of anilines is 1. The summed E-state index contributed by atoms with van der Waals surface area (Å²) < 4.78 is 9.36. The molecule has 14 nitrogen and oxygen atoms in total. The molecule has 4 heterocycles. The number of amides is 1. The molecule has 1 aliphatic heterocycles. The Morgan fingerprint density at radius 3 is 2.95 bits per heavy atom. The maximum Gasteiger partial charge on any atom is 0.230 e. The highest BCUT2D eigenvalue weighted by Gasteiger charge is 2.45. The van der Waals surface area contributed by atoms with Crippen LogP contribution in [0.2, 0.25) is 0 Å². The second-order valence-electron chi connectivity index (χ2n) is 8.83. The van der Waals surface area contributed by atoms with E-state index in [1.807, 2.05) is 19.2 Å². The van der Waals surface area contributed by atoms with Crippen molar-refractivity contribution in [2.45, 2.75) is 36.1 Å². The van der Waals surface area contributed by atoms with Gasteiger partial charge in [0.2, 0.25) is 5.91 Å². The molecule has 198 valence electrons. The van der Waals surface area contributed by atoms with E-state index in [0.717, 1.165) is 28.2 Å². The Morgan fingerprint density at radius 2 is 2.13 bits per heavy atom. The Balaban J connectivity index is 1.29. The van der Waals surface area contributed by atoms with Crippen molar-refractivity contribution in [3.05, 3.63) is 52.8 Å². The van der Waals surface area contributed by atoms with E-state index in [1.165, 1.54) is 10.9 Å². The number of ether oxygens (including phenoxy) is 1. The van der Waals surface area contributed by atoms with Gasteiger partial charge in [-0.05, 0) is 23.6 Å². The number of hydrogen-bond acceptors (Lipinski definition) is 10. The van der Waals surface area contributed by atoms with Crippen LogP contribution < -0.4 is 11.1 Å². The molecule has 38 heavy (non-hydrogen) atoms. The molecule has 0 bridgehead atoms. The zero-order valence-corrected chi connectivity index (χ0v) is 21.2. The number of thioether (sulfide) groups is 1. The summed E-state index contributed by atoms with van der Waals surface area (Å²) in [5, 5.41) is 29.0. The zero-order valence-electron chi connectivity index (χ0n) is 20.4. The molecule has 4 atom stereocenters. The Kier molecular flexibility index (Phi) is 7.35. The van der Waals surface area contributed by atoms with Crippen LogP contribution in [0.25, 0.3) is 32.5 Å². The molecule has 4 aromatic rings. The van der Waals surface area contributed by atoms with Gasteiger partial charge in [0.1, 0.15) is 18.5 Å². The van der Waals surface area contributed by atoms with E-state index in [1.54, 1.807) is 0 Å². The Hall–Kier alpha value is -3.88. The summed E-state index contributed by atoms with van der Waals surface area (Å²) in [6.45, 7) is 0.288. The SMILES string of the molecule is Cn1cc(CCNC(=O)CSc2nc3c(N)ncnc3n2[C@@H]2O[C@H](CN=[N+]=[N-])[C@@H](O)[C@H]2O)c2ccccc21. The van der Waals surface area contributed by atoms with E-state index in [0.29, 0.717) is 18.1 Å². The molecule has 0 aliphatic carbocycles. The number of azide groups is 1. The lowest BCUT2D eigenvalue weighted by molar-refractivity contribution is -0.118. The third-order valence-electron chi connectivity index (χ3n) is 6.42. The van der Waals surface area contributed by atoms with Crippen LogP contribution >= 0.6 is 11.8 Å². The molecule has 1 amide bonds. The molecule has 0 saturated carbocycles. The summed E-state index contributed by atoms with van der Waals surface area (Å²) in [5.74, 6) is -0.0597. The minimum Gasteiger partial charge on any atom is -0.388 e. The molecule has 15 heteroatoms. The Labute approximate surface area is 220 Å². The van der Waals surface area contributed by atoms with E-state index >= 15 is 0 Å². The van der Waals surface area contributed by atoms with Gasteiger partial charge in [-0.2, -0.15) is 0 Å². The number of fused-ring (bicyclic) bond motifs is 2. The van der Waals surface area contributed by atoms with Crippen molar-refractivity contribution in [1.29, 1.82) is 0 Å². The van der Waals surface area contributed by atoms with Crippen LogP contribution in [0.4, 0.5) is 5.82 Å². The number of carbonyl (C=O) groups excluding carboxylic acids is 1. The smallest absolute Gasteiger partial charge is 0.230 e. The van der Waals surface area contributed by atoms with Gasteiger partial charge < -0.3 is 30.6 Å². The van der Waals surface area contributed by atoms with Gasteiger partial charge in [0, 0.05) is 35.6 Å². The maximum absolute atomic E-state index is 12.7. The molecule has 0 unspecified atom stereocenters. The molecule has 1 aliphatic rings. The fourth-order valence-corrected chi connectivity index (χ4v) is 5.44. The second kappa shape index (κ2) is 10.8. The third-order valence-corrected chi connectivity index (χ3v) is 7.37. The van der Waals surface area contributed by atoms with Crippen LogP contribution in [0.15, 0.2) is 47.1 Å². The van der Waals surface area contributed by atoms with Crippen molar-refractivity contribution >= 4 is 45.6 Å². The molecule has 1 saturated heterocycles. The highest BCUT2D eigenvalue weighted by atomic mass is 32.2. The van der Waals surface area contributed by atoms with Crippen LogP contribution in [-0.4, -0.2) is 77.4 Å². The largest absolute Gasteiger partial charge is 0.388 e. The lowest BCUT2D eigenvalue weighted by Crippen LogP contribution is -2.33. The number of para-hydroxylation sites is 1. The molecule has 1 aromatic carbocycles. The van der Waals surface area contributed by atoms with Gasteiger partial charge in [0.05, 0.1) is 18.4 Å². The van der Waals surface area contributed by atoms with Crippen LogP contribution in [-0.2, 0) is 23.0 Å². The standard InChI is InChI=1S/C23H26N10O4S/c1-32-9-12(13-4-2-3-5-14(13)32)6-7-26-16(34)10-38-23-30-17-20(24)27-11-28-21(17)33(23)22-19(36)18(35)15(37-22)8-29-31-25/h2-5,9,11,15,18-19,22,35-36H,6-8,10H2,1H3,(H,26,34)(H2,24,27,28)/t15-,18-,19-,22-/m1/s1.